The van der Waals surface area contributed by atoms with Crippen LogP contribution in [0.15, 0.2) is 18.7 Å². The van der Waals surface area contributed by atoms with Crippen molar-refractivity contribution in [1.82, 2.24) is 15.3 Å². The van der Waals surface area contributed by atoms with Crippen molar-refractivity contribution >= 4 is 23.1 Å². The van der Waals surface area contributed by atoms with Crippen molar-refractivity contribution in [1.29, 1.82) is 0 Å². The van der Waals surface area contributed by atoms with Gasteiger partial charge in [0.05, 0.1) is 16.1 Å². The zero-order valence-corrected chi connectivity index (χ0v) is 9.34. The van der Waals surface area contributed by atoms with Gasteiger partial charge in [-0.3, -0.25) is 4.79 Å². The van der Waals surface area contributed by atoms with Crippen molar-refractivity contribution in [2.24, 2.45) is 5.73 Å². The SMILES string of the molecule is CC(C)(NC(=O)c1cncnc1)C(N)=S. The Balaban J connectivity index is 2.77. The number of nitrogens with two attached hydrogens (primary N) is 1. The third-order valence-corrected chi connectivity index (χ3v) is 2.38. The molecular weight excluding hydrogens is 212 g/mol. The molecule has 0 aromatic carbocycles. The van der Waals surface area contributed by atoms with E-state index < -0.39 is 5.54 Å². The maximum atomic E-state index is 11.7. The molecular formula is C9H12N4OS. The molecule has 15 heavy (non-hydrogen) atoms. The molecule has 6 heteroatoms. The van der Waals surface area contributed by atoms with Gasteiger partial charge in [-0.25, -0.2) is 9.97 Å². The Morgan fingerprint density at radius 1 is 1.47 bits per heavy atom. The van der Waals surface area contributed by atoms with E-state index in [9.17, 15) is 4.79 Å². The van der Waals surface area contributed by atoms with Gasteiger partial charge in [0.25, 0.3) is 5.91 Å². The van der Waals surface area contributed by atoms with Crippen LogP contribution in [0.3, 0.4) is 0 Å². The van der Waals surface area contributed by atoms with E-state index in [-0.39, 0.29) is 10.9 Å². The maximum absolute atomic E-state index is 11.7. The molecule has 0 radical (unpaired) electrons. The fourth-order valence-electron chi connectivity index (χ4n) is 0.834. The van der Waals surface area contributed by atoms with Gasteiger partial charge in [0, 0.05) is 12.4 Å². The Hall–Kier alpha value is -1.56. The minimum Gasteiger partial charge on any atom is -0.391 e. The number of nitrogens with zero attached hydrogens (tertiary/aromatic N) is 2. The van der Waals surface area contributed by atoms with E-state index in [4.69, 9.17) is 18.0 Å². The number of carbonyl (C=O) groups excluding carboxylic acids is 1. The first-order valence-corrected chi connectivity index (χ1v) is 4.72. The molecule has 1 heterocycles. The first-order valence-electron chi connectivity index (χ1n) is 4.31. The molecule has 0 fully saturated rings. The highest BCUT2D eigenvalue weighted by molar-refractivity contribution is 7.80. The molecule has 0 spiro atoms. The zero-order valence-electron chi connectivity index (χ0n) is 8.52. The average Bonchev–Trinajstić information content (AvgIpc) is 2.18. The lowest BCUT2D eigenvalue weighted by atomic mass is 10.1. The van der Waals surface area contributed by atoms with Gasteiger partial charge in [0.15, 0.2) is 0 Å². The number of hydrogen-bond acceptors (Lipinski definition) is 4. The van der Waals surface area contributed by atoms with Crippen LogP contribution in [0.1, 0.15) is 24.2 Å². The van der Waals surface area contributed by atoms with Crippen molar-refractivity contribution in [3.63, 3.8) is 0 Å². The standard InChI is InChI=1S/C9H12N4OS/c1-9(2,8(10)15)13-7(14)6-3-11-5-12-4-6/h3-5H,1-2H3,(H2,10,15)(H,13,14). The summed E-state index contributed by atoms with van der Waals surface area (Å²) in [4.78, 5) is 19.4. The Labute approximate surface area is 93.1 Å². The number of carbonyl (C=O) groups is 1. The Kier molecular flexibility index (Phi) is 3.31. The van der Waals surface area contributed by atoms with Gasteiger partial charge in [-0.1, -0.05) is 12.2 Å². The van der Waals surface area contributed by atoms with E-state index >= 15 is 0 Å². The molecule has 0 saturated heterocycles. The van der Waals surface area contributed by atoms with Crippen LogP contribution in [0.2, 0.25) is 0 Å². The molecule has 1 rings (SSSR count). The lowest BCUT2D eigenvalue weighted by molar-refractivity contribution is 0.0931. The monoisotopic (exact) mass is 224 g/mol. The van der Waals surface area contributed by atoms with Gasteiger partial charge < -0.3 is 11.1 Å². The number of rotatable bonds is 3. The van der Waals surface area contributed by atoms with Crippen molar-refractivity contribution < 1.29 is 4.79 Å². The van der Waals surface area contributed by atoms with E-state index in [1.54, 1.807) is 13.8 Å². The van der Waals surface area contributed by atoms with Crippen molar-refractivity contribution in [2.45, 2.75) is 19.4 Å². The largest absolute Gasteiger partial charge is 0.391 e. The highest BCUT2D eigenvalue weighted by Gasteiger charge is 2.24. The summed E-state index contributed by atoms with van der Waals surface area (Å²) in [5, 5.41) is 2.69. The van der Waals surface area contributed by atoms with Crippen molar-refractivity contribution in [3.05, 3.63) is 24.3 Å². The summed E-state index contributed by atoms with van der Waals surface area (Å²) >= 11 is 4.83. The smallest absolute Gasteiger partial charge is 0.255 e. The molecule has 80 valence electrons. The Morgan fingerprint density at radius 2 is 2.00 bits per heavy atom. The fourth-order valence-corrected chi connectivity index (χ4v) is 0.885. The zero-order chi connectivity index (χ0) is 11.5. The lowest BCUT2D eigenvalue weighted by Gasteiger charge is -2.24. The molecule has 0 aliphatic rings. The summed E-state index contributed by atoms with van der Waals surface area (Å²) in [6, 6.07) is 0. The van der Waals surface area contributed by atoms with Crippen LogP contribution in [-0.4, -0.2) is 26.4 Å². The van der Waals surface area contributed by atoms with Crippen LogP contribution in [0.25, 0.3) is 0 Å². The second-order valence-electron chi connectivity index (χ2n) is 3.57. The Morgan fingerprint density at radius 3 is 2.47 bits per heavy atom. The summed E-state index contributed by atoms with van der Waals surface area (Å²) in [7, 11) is 0. The predicted octanol–water partition coefficient (Wildman–Crippen LogP) is 0.271. The van der Waals surface area contributed by atoms with Gasteiger partial charge in [-0.05, 0) is 13.8 Å². The van der Waals surface area contributed by atoms with Gasteiger partial charge in [0.1, 0.15) is 6.33 Å². The number of amides is 1. The quantitative estimate of drug-likeness (QED) is 0.720. The fraction of sp³-hybridized carbons (Fsp3) is 0.333. The molecule has 0 aliphatic carbocycles. The highest BCUT2D eigenvalue weighted by atomic mass is 32.1. The number of aromatic nitrogens is 2. The minimum absolute atomic E-state index is 0.229. The number of thiocarbonyl (C=S) groups is 1. The molecule has 1 amide bonds. The van der Waals surface area contributed by atoms with Gasteiger partial charge in [0.2, 0.25) is 0 Å². The molecule has 5 nitrogen and oxygen atoms in total. The summed E-state index contributed by atoms with van der Waals surface area (Å²) in [5.41, 5.74) is 5.14. The molecule has 0 saturated carbocycles. The highest BCUT2D eigenvalue weighted by Crippen LogP contribution is 2.04. The lowest BCUT2D eigenvalue weighted by Crippen LogP contribution is -2.52. The van der Waals surface area contributed by atoms with Crippen molar-refractivity contribution in [3.8, 4) is 0 Å². The molecule has 0 aliphatic heterocycles. The molecule has 0 atom stereocenters. The summed E-state index contributed by atoms with van der Waals surface area (Å²) in [6.45, 7) is 3.47. The third kappa shape index (κ3) is 2.95. The third-order valence-electron chi connectivity index (χ3n) is 1.86. The van der Waals surface area contributed by atoms with Crippen LogP contribution in [0, 0.1) is 0 Å². The summed E-state index contributed by atoms with van der Waals surface area (Å²) in [6.07, 6.45) is 4.21. The van der Waals surface area contributed by atoms with Gasteiger partial charge in [-0.2, -0.15) is 0 Å². The molecule has 0 bridgehead atoms. The average molecular weight is 224 g/mol. The molecule has 1 aromatic heterocycles. The van der Waals surface area contributed by atoms with Crippen LogP contribution < -0.4 is 11.1 Å². The predicted molar refractivity (Wildman–Crippen MR) is 60.4 cm³/mol. The summed E-state index contributed by atoms with van der Waals surface area (Å²) < 4.78 is 0. The minimum atomic E-state index is -0.720. The van der Waals surface area contributed by atoms with E-state index in [1.165, 1.54) is 18.7 Å². The van der Waals surface area contributed by atoms with E-state index in [1.807, 2.05) is 0 Å². The first-order chi connectivity index (χ1) is 6.93. The number of nitrogens with one attached hydrogen (secondary N) is 1. The Bertz CT molecular complexity index is 377. The normalized spacial score (nSPS) is 10.8. The van der Waals surface area contributed by atoms with Gasteiger partial charge >= 0.3 is 0 Å². The maximum Gasteiger partial charge on any atom is 0.255 e. The second-order valence-corrected chi connectivity index (χ2v) is 4.01. The van der Waals surface area contributed by atoms with Crippen molar-refractivity contribution in [2.75, 3.05) is 0 Å². The summed E-state index contributed by atoms with van der Waals surface area (Å²) in [5.74, 6) is -0.298. The molecule has 0 unspecified atom stereocenters. The second kappa shape index (κ2) is 4.31. The van der Waals surface area contributed by atoms with Crippen LogP contribution in [0.5, 0.6) is 0 Å². The first kappa shape index (κ1) is 11.5. The molecule has 1 aromatic rings. The molecule has 3 N–H and O–H groups in total. The van der Waals surface area contributed by atoms with E-state index in [0.29, 0.717) is 5.56 Å². The van der Waals surface area contributed by atoms with Crippen LogP contribution >= 0.6 is 12.2 Å². The van der Waals surface area contributed by atoms with Crippen LogP contribution in [-0.2, 0) is 0 Å². The van der Waals surface area contributed by atoms with E-state index in [0.717, 1.165) is 0 Å². The van der Waals surface area contributed by atoms with E-state index in [2.05, 4.69) is 15.3 Å². The number of hydrogen-bond donors (Lipinski definition) is 2. The van der Waals surface area contributed by atoms with Crippen LogP contribution in [0.4, 0.5) is 0 Å². The van der Waals surface area contributed by atoms with Gasteiger partial charge in [-0.15, -0.1) is 0 Å². The topological polar surface area (TPSA) is 80.9 Å².